The lowest BCUT2D eigenvalue weighted by molar-refractivity contribution is 0.411. The first-order valence-electron chi connectivity index (χ1n) is 7.30. The van der Waals surface area contributed by atoms with Crippen LogP contribution >= 0.6 is 0 Å². The zero-order valence-corrected chi connectivity index (χ0v) is 12.7. The fourth-order valence-corrected chi connectivity index (χ4v) is 2.93. The van der Waals surface area contributed by atoms with E-state index >= 15 is 0 Å². The molecule has 112 valence electrons. The zero-order valence-electron chi connectivity index (χ0n) is 12.7. The van der Waals surface area contributed by atoms with E-state index in [1.54, 1.807) is 18.5 Å². The first kappa shape index (κ1) is 14.3. The molecule has 2 N–H and O–H groups in total. The predicted molar refractivity (Wildman–Crippen MR) is 83.9 cm³/mol. The number of nitriles is 1. The Bertz CT molecular complexity index is 764. The van der Waals surface area contributed by atoms with Crippen LogP contribution in [0, 0.1) is 16.7 Å². The van der Waals surface area contributed by atoms with E-state index in [-0.39, 0.29) is 5.41 Å². The molecule has 22 heavy (non-hydrogen) atoms. The molecule has 3 rings (SSSR count). The molecule has 1 aliphatic rings. The van der Waals surface area contributed by atoms with Gasteiger partial charge in [-0.25, -0.2) is 9.97 Å². The smallest absolute Gasteiger partial charge is 0.252 e. The summed E-state index contributed by atoms with van der Waals surface area (Å²) < 4.78 is 1.44. The van der Waals surface area contributed by atoms with Crippen LogP contribution in [0.2, 0.25) is 0 Å². The number of hydrogen-bond donors (Lipinski definition) is 1. The molecular weight excluding hydrogens is 276 g/mol. The van der Waals surface area contributed by atoms with Gasteiger partial charge in [0.15, 0.2) is 5.69 Å². The van der Waals surface area contributed by atoms with Gasteiger partial charge in [-0.15, -0.1) is 0 Å². The molecule has 0 aliphatic heterocycles. The molecule has 2 heterocycles. The third-order valence-corrected chi connectivity index (χ3v) is 3.92. The van der Waals surface area contributed by atoms with Crippen LogP contribution in [0.25, 0.3) is 11.5 Å². The Balaban J connectivity index is 2.15. The second-order valence-corrected chi connectivity index (χ2v) is 6.19. The van der Waals surface area contributed by atoms with Gasteiger partial charge < -0.3 is 5.73 Å². The zero-order chi connectivity index (χ0) is 15.7. The third kappa shape index (κ3) is 2.46. The minimum absolute atomic E-state index is 0.109. The van der Waals surface area contributed by atoms with Crippen LogP contribution < -0.4 is 5.73 Å². The van der Waals surface area contributed by atoms with Crippen molar-refractivity contribution in [2.45, 2.75) is 33.1 Å². The fourth-order valence-electron chi connectivity index (χ4n) is 2.93. The minimum atomic E-state index is 0.109. The van der Waals surface area contributed by atoms with Crippen molar-refractivity contribution < 1.29 is 0 Å². The van der Waals surface area contributed by atoms with E-state index in [2.05, 4.69) is 41.1 Å². The fraction of sp³-hybridized carbons (Fsp3) is 0.375. The van der Waals surface area contributed by atoms with E-state index in [1.165, 1.54) is 4.68 Å². The highest BCUT2D eigenvalue weighted by atomic mass is 15.4. The van der Waals surface area contributed by atoms with Crippen LogP contribution in [-0.4, -0.2) is 19.7 Å². The van der Waals surface area contributed by atoms with E-state index in [0.29, 0.717) is 17.5 Å². The number of nitrogen functional groups attached to an aromatic ring is 1. The second-order valence-electron chi connectivity index (χ2n) is 6.19. The minimum Gasteiger partial charge on any atom is -0.383 e. The molecule has 0 radical (unpaired) electrons. The summed E-state index contributed by atoms with van der Waals surface area (Å²) in [6.07, 6.45) is 8.57. The van der Waals surface area contributed by atoms with Crippen LogP contribution in [0.4, 0.5) is 5.82 Å². The molecule has 0 spiro atoms. The van der Waals surface area contributed by atoms with E-state index in [4.69, 9.17) is 5.73 Å². The first-order chi connectivity index (χ1) is 10.5. The van der Waals surface area contributed by atoms with E-state index in [0.717, 1.165) is 30.4 Å². The highest BCUT2D eigenvalue weighted by Gasteiger charge is 2.26. The van der Waals surface area contributed by atoms with Gasteiger partial charge in [0.05, 0.1) is 5.56 Å². The Morgan fingerprint density at radius 1 is 1.32 bits per heavy atom. The Labute approximate surface area is 129 Å². The maximum Gasteiger partial charge on any atom is 0.252 e. The Kier molecular flexibility index (Phi) is 3.41. The second kappa shape index (κ2) is 5.26. The molecule has 0 bridgehead atoms. The number of aromatic nitrogens is 4. The van der Waals surface area contributed by atoms with Crippen molar-refractivity contribution in [1.29, 1.82) is 5.26 Å². The summed E-state index contributed by atoms with van der Waals surface area (Å²) in [6.45, 7) is 4.39. The molecule has 2 aromatic rings. The van der Waals surface area contributed by atoms with Crippen LogP contribution in [0.3, 0.4) is 0 Å². The Morgan fingerprint density at radius 3 is 2.68 bits per heavy atom. The standard InChI is InChI=1S/C16H18N6/c1-16(2)6-3-5-11(9-16)13-12(10-17)21-22(14(13)18)15-19-7-4-8-20-15/h4,7-9H,3,5-6,18H2,1-2H3. The number of allylic oxidation sites excluding steroid dienone is 2. The molecule has 6 heteroatoms. The van der Waals surface area contributed by atoms with Gasteiger partial charge in [0.2, 0.25) is 0 Å². The highest BCUT2D eigenvalue weighted by Crippen LogP contribution is 2.40. The molecule has 0 saturated heterocycles. The van der Waals surface area contributed by atoms with Crippen molar-refractivity contribution in [2.24, 2.45) is 5.41 Å². The predicted octanol–water partition coefficient (Wildman–Crippen LogP) is 2.71. The van der Waals surface area contributed by atoms with Gasteiger partial charge in [-0.3, -0.25) is 0 Å². The van der Waals surface area contributed by atoms with E-state index in [9.17, 15) is 5.26 Å². The van der Waals surface area contributed by atoms with Crippen LogP contribution in [-0.2, 0) is 0 Å². The molecule has 0 aromatic carbocycles. The van der Waals surface area contributed by atoms with Gasteiger partial charge in [-0.2, -0.15) is 15.0 Å². The van der Waals surface area contributed by atoms with Crippen molar-refractivity contribution in [3.63, 3.8) is 0 Å². The Morgan fingerprint density at radius 2 is 2.05 bits per heavy atom. The van der Waals surface area contributed by atoms with Gasteiger partial charge >= 0.3 is 0 Å². The van der Waals surface area contributed by atoms with Crippen molar-refractivity contribution in [3.8, 4) is 12.0 Å². The van der Waals surface area contributed by atoms with Crippen LogP contribution in [0.1, 0.15) is 44.4 Å². The monoisotopic (exact) mass is 294 g/mol. The SMILES string of the molecule is CC1(C)C=C(c2c(C#N)nn(-c3ncccn3)c2N)CCC1. The van der Waals surface area contributed by atoms with Gasteiger partial charge in [-0.05, 0) is 36.3 Å². The summed E-state index contributed by atoms with van der Waals surface area (Å²) in [7, 11) is 0. The molecule has 1 aliphatic carbocycles. The summed E-state index contributed by atoms with van der Waals surface area (Å²) in [6, 6.07) is 3.87. The largest absolute Gasteiger partial charge is 0.383 e. The molecule has 0 unspecified atom stereocenters. The average molecular weight is 294 g/mol. The third-order valence-electron chi connectivity index (χ3n) is 3.92. The maximum atomic E-state index is 9.41. The van der Waals surface area contributed by atoms with Crippen LogP contribution in [0.15, 0.2) is 24.5 Å². The highest BCUT2D eigenvalue weighted by molar-refractivity contribution is 5.78. The number of rotatable bonds is 2. The van der Waals surface area contributed by atoms with Crippen molar-refractivity contribution in [1.82, 2.24) is 19.7 Å². The summed E-state index contributed by atoms with van der Waals surface area (Å²) >= 11 is 0. The molecule has 0 atom stereocenters. The van der Waals surface area contributed by atoms with Crippen LogP contribution in [0.5, 0.6) is 0 Å². The van der Waals surface area contributed by atoms with Gasteiger partial charge in [0.25, 0.3) is 5.95 Å². The molecular formula is C16H18N6. The molecule has 2 aromatic heterocycles. The number of nitrogens with two attached hydrogens (primary N) is 1. The van der Waals surface area contributed by atoms with E-state index in [1.807, 2.05) is 0 Å². The average Bonchev–Trinajstić information content (AvgIpc) is 2.84. The molecule has 0 amide bonds. The lowest BCUT2D eigenvalue weighted by Gasteiger charge is -2.27. The molecule has 0 fully saturated rings. The Hall–Kier alpha value is -2.68. The lowest BCUT2D eigenvalue weighted by atomic mass is 9.78. The quantitative estimate of drug-likeness (QED) is 0.919. The lowest BCUT2D eigenvalue weighted by Crippen LogP contribution is -2.13. The van der Waals surface area contributed by atoms with Gasteiger partial charge in [-0.1, -0.05) is 19.9 Å². The van der Waals surface area contributed by atoms with Crippen molar-refractivity contribution >= 4 is 11.4 Å². The molecule has 0 saturated carbocycles. The number of anilines is 1. The summed E-state index contributed by atoms with van der Waals surface area (Å²) in [4.78, 5) is 8.31. The number of hydrogen-bond acceptors (Lipinski definition) is 5. The molecule has 6 nitrogen and oxygen atoms in total. The maximum absolute atomic E-state index is 9.41. The summed E-state index contributed by atoms with van der Waals surface area (Å²) in [5, 5.41) is 13.7. The normalized spacial score (nSPS) is 16.9. The van der Waals surface area contributed by atoms with Gasteiger partial charge in [0.1, 0.15) is 11.9 Å². The topological polar surface area (TPSA) is 93.4 Å². The van der Waals surface area contributed by atoms with Crippen molar-refractivity contribution in [2.75, 3.05) is 5.73 Å². The summed E-state index contributed by atoms with van der Waals surface area (Å²) in [5.41, 5.74) is 8.51. The van der Waals surface area contributed by atoms with E-state index < -0.39 is 0 Å². The van der Waals surface area contributed by atoms with Crippen molar-refractivity contribution in [3.05, 3.63) is 35.8 Å². The van der Waals surface area contributed by atoms with Gasteiger partial charge in [0, 0.05) is 12.4 Å². The first-order valence-corrected chi connectivity index (χ1v) is 7.30. The summed E-state index contributed by atoms with van der Waals surface area (Å²) in [5.74, 6) is 0.796. The number of nitrogens with zero attached hydrogens (tertiary/aromatic N) is 5.